The molecule has 0 bridgehead atoms. The Labute approximate surface area is 159 Å². The van der Waals surface area contributed by atoms with Gasteiger partial charge >= 0.3 is 0 Å². The highest BCUT2D eigenvalue weighted by atomic mass is 35.5. The van der Waals surface area contributed by atoms with E-state index in [1.807, 2.05) is 0 Å². The highest BCUT2D eigenvalue weighted by molar-refractivity contribution is 6.38. The number of aryl methyl sites for hydroxylation is 2. The van der Waals surface area contributed by atoms with Crippen LogP contribution in [0.25, 0.3) is 0 Å². The van der Waals surface area contributed by atoms with Gasteiger partial charge in [-0.2, -0.15) is 5.10 Å². The molecule has 1 amide bonds. The maximum atomic E-state index is 11.9. The van der Waals surface area contributed by atoms with Crippen LogP contribution in [0.15, 0.2) is 35.4 Å². The standard InChI is InChI=1S/C17H15Cl2N3O4/c1-10-6-12(22(24)25)7-11(2)17(10)26-9-16(23)21-20-8-13-14(18)4-3-5-15(13)19/h3-8H,9H2,1-2H3,(H,21,23)/b20-8-. The Bertz CT molecular complexity index is 841. The summed E-state index contributed by atoms with van der Waals surface area (Å²) in [6, 6.07) is 7.78. The fraction of sp³-hybridized carbons (Fsp3) is 0.176. The summed E-state index contributed by atoms with van der Waals surface area (Å²) in [5.41, 5.74) is 3.89. The van der Waals surface area contributed by atoms with Crippen molar-refractivity contribution in [2.75, 3.05) is 6.61 Å². The molecule has 0 aliphatic rings. The molecule has 0 fully saturated rings. The van der Waals surface area contributed by atoms with Gasteiger partial charge in [0.25, 0.3) is 11.6 Å². The van der Waals surface area contributed by atoms with Crippen LogP contribution in [0, 0.1) is 24.0 Å². The first-order valence-electron chi connectivity index (χ1n) is 7.44. The summed E-state index contributed by atoms with van der Waals surface area (Å²) in [5, 5.41) is 15.4. The molecule has 2 aromatic rings. The second-order valence-corrected chi connectivity index (χ2v) is 6.20. The van der Waals surface area contributed by atoms with Gasteiger partial charge in [0, 0.05) is 17.7 Å². The van der Waals surface area contributed by atoms with Gasteiger partial charge in [0.2, 0.25) is 0 Å². The smallest absolute Gasteiger partial charge is 0.277 e. The van der Waals surface area contributed by atoms with Crippen molar-refractivity contribution in [3.05, 3.63) is 67.2 Å². The molecular formula is C17H15Cl2N3O4. The zero-order chi connectivity index (χ0) is 19.3. The van der Waals surface area contributed by atoms with E-state index < -0.39 is 10.8 Å². The van der Waals surface area contributed by atoms with E-state index in [-0.39, 0.29) is 12.3 Å². The molecule has 0 heterocycles. The van der Waals surface area contributed by atoms with Gasteiger partial charge in [-0.25, -0.2) is 5.43 Å². The van der Waals surface area contributed by atoms with Gasteiger partial charge in [0.15, 0.2) is 6.61 Å². The minimum Gasteiger partial charge on any atom is -0.483 e. The van der Waals surface area contributed by atoms with E-state index in [0.29, 0.717) is 32.5 Å². The number of hydrazone groups is 1. The molecule has 2 rings (SSSR count). The number of nitro benzene ring substituents is 1. The maximum absolute atomic E-state index is 11.9. The lowest BCUT2D eigenvalue weighted by Gasteiger charge is -2.11. The van der Waals surface area contributed by atoms with Crippen molar-refractivity contribution in [2.45, 2.75) is 13.8 Å². The molecule has 7 nitrogen and oxygen atoms in total. The van der Waals surface area contributed by atoms with Gasteiger partial charge in [-0.15, -0.1) is 0 Å². The first kappa shape index (κ1) is 19.7. The van der Waals surface area contributed by atoms with Gasteiger partial charge < -0.3 is 4.74 Å². The van der Waals surface area contributed by atoms with Crippen LogP contribution in [0.5, 0.6) is 5.75 Å². The molecule has 0 spiro atoms. The number of benzene rings is 2. The summed E-state index contributed by atoms with van der Waals surface area (Å²) in [7, 11) is 0. The second-order valence-electron chi connectivity index (χ2n) is 5.38. The summed E-state index contributed by atoms with van der Waals surface area (Å²) in [4.78, 5) is 22.2. The second kappa shape index (κ2) is 8.64. The Kier molecular flexibility index (Phi) is 6.54. The number of hydrogen-bond acceptors (Lipinski definition) is 5. The van der Waals surface area contributed by atoms with E-state index in [2.05, 4.69) is 10.5 Å². The minimum absolute atomic E-state index is 0.0296. The van der Waals surface area contributed by atoms with Crippen molar-refractivity contribution in [1.29, 1.82) is 0 Å². The SMILES string of the molecule is Cc1cc([N+](=O)[O-])cc(C)c1OCC(=O)N/N=C\c1c(Cl)cccc1Cl. The third kappa shape index (κ3) is 4.93. The van der Waals surface area contributed by atoms with Crippen LogP contribution in [0.1, 0.15) is 16.7 Å². The van der Waals surface area contributed by atoms with Crippen molar-refractivity contribution < 1.29 is 14.5 Å². The molecule has 0 aromatic heterocycles. The summed E-state index contributed by atoms with van der Waals surface area (Å²) < 4.78 is 5.45. The molecule has 136 valence electrons. The average Bonchev–Trinajstić information content (AvgIpc) is 2.56. The van der Waals surface area contributed by atoms with E-state index in [1.165, 1.54) is 18.3 Å². The number of rotatable bonds is 6. The quantitative estimate of drug-likeness (QED) is 0.453. The number of nitrogens with one attached hydrogen (secondary N) is 1. The van der Waals surface area contributed by atoms with Crippen LogP contribution in [0.4, 0.5) is 5.69 Å². The number of halogens is 2. The van der Waals surface area contributed by atoms with Crippen LogP contribution in [0.3, 0.4) is 0 Å². The van der Waals surface area contributed by atoms with Crippen LogP contribution in [-0.2, 0) is 4.79 Å². The topological polar surface area (TPSA) is 93.8 Å². The van der Waals surface area contributed by atoms with E-state index in [9.17, 15) is 14.9 Å². The van der Waals surface area contributed by atoms with Crippen molar-refractivity contribution >= 4 is 41.0 Å². The minimum atomic E-state index is -0.499. The lowest BCUT2D eigenvalue weighted by molar-refractivity contribution is -0.385. The monoisotopic (exact) mass is 395 g/mol. The predicted molar refractivity (Wildman–Crippen MR) is 100 cm³/mol. The lowest BCUT2D eigenvalue weighted by atomic mass is 10.1. The number of ether oxygens (including phenoxy) is 1. The molecule has 26 heavy (non-hydrogen) atoms. The number of carbonyl (C=O) groups is 1. The molecule has 0 aliphatic carbocycles. The number of non-ortho nitro benzene ring substituents is 1. The number of hydrogen-bond donors (Lipinski definition) is 1. The summed E-state index contributed by atoms with van der Waals surface area (Å²) in [6.07, 6.45) is 1.34. The van der Waals surface area contributed by atoms with E-state index in [1.54, 1.807) is 32.0 Å². The Hall–Kier alpha value is -2.64. The van der Waals surface area contributed by atoms with Crippen molar-refractivity contribution in [1.82, 2.24) is 5.43 Å². The van der Waals surface area contributed by atoms with Crippen LogP contribution < -0.4 is 10.2 Å². The van der Waals surface area contributed by atoms with Gasteiger partial charge in [-0.3, -0.25) is 14.9 Å². The van der Waals surface area contributed by atoms with E-state index in [0.717, 1.165) is 0 Å². The predicted octanol–water partition coefficient (Wildman–Crippen LogP) is 4.05. The van der Waals surface area contributed by atoms with Gasteiger partial charge in [-0.05, 0) is 37.1 Å². The third-order valence-electron chi connectivity index (χ3n) is 3.39. The van der Waals surface area contributed by atoms with E-state index in [4.69, 9.17) is 27.9 Å². The van der Waals surface area contributed by atoms with Gasteiger partial charge in [0.1, 0.15) is 5.75 Å². The zero-order valence-electron chi connectivity index (χ0n) is 14.0. The zero-order valence-corrected chi connectivity index (χ0v) is 15.5. The largest absolute Gasteiger partial charge is 0.483 e. The molecule has 0 atom stereocenters. The van der Waals surface area contributed by atoms with Crippen molar-refractivity contribution in [2.24, 2.45) is 5.10 Å². The van der Waals surface area contributed by atoms with Crippen LogP contribution in [-0.4, -0.2) is 23.7 Å². The Balaban J connectivity index is 1.97. The Morgan fingerprint density at radius 3 is 2.38 bits per heavy atom. The summed E-state index contributed by atoms with van der Waals surface area (Å²) in [5.74, 6) is -0.0783. The van der Waals surface area contributed by atoms with Crippen molar-refractivity contribution in [3.63, 3.8) is 0 Å². The van der Waals surface area contributed by atoms with Crippen LogP contribution >= 0.6 is 23.2 Å². The highest BCUT2D eigenvalue weighted by Gasteiger charge is 2.14. The normalized spacial score (nSPS) is 10.8. The third-order valence-corrected chi connectivity index (χ3v) is 4.05. The van der Waals surface area contributed by atoms with Crippen molar-refractivity contribution in [3.8, 4) is 5.75 Å². The van der Waals surface area contributed by atoms with Crippen LogP contribution in [0.2, 0.25) is 10.0 Å². The molecule has 0 saturated heterocycles. The Morgan fingerprint density at radius 1 is 1.27 bits per heavy atom. The molecule has 1 N–H and O–H groups in total. The highest BCUT2D eigenvalue weighted by Crippen LogP contribution is 2.28. The first-order chi connectivity index (χ1) is 12.3. The van der Waals surface area contributed by atoms with E-state index >= 15 is 0 Å². The fourth-order valence-corrected chi connectivity index (χ4v) is 2.73. The van der Waals surface area contributed by atoms with Gasteiger partial charge in [-0.1, -0.05) is 29.3 Å². The summed E-state index contributed by atoms with van der Waals surface area (Å²) in [6.45, 7) is 3.04. The molecule has 2 aromatic carbocycles. The molecule has 9 heteroatoms. The maximum Gasteiger partial charge on any atom is 0.277 e. The summed E-state index contributed by atoms with van der Waals surface area (Å²) >= 11 is 12.0. The number of nitro groups is 1. The molecule has 0 saturated carbocycles. The average molecular weight is 396 g/mol. The molecular weight excluding hydrogens is 381 g/mol. The molecule has 0 radical (unpaired) electrons. The first-order valence-corrected chi connectivity index (χ1v) is 8.19. The Morgan fingerprint density at radius 2 is 1.85 bits per heavy atom. The lowest BCUT2D eigenvalue weighted by Crippen LogP contribution is -2.25. The number of nitrogens with zero attached hydrogens (tertiary/aromatic N) is 2. The fourth-order valence-electron chi connectivity index (χ4n) is 2.23. The van der Waals surface area contributed by atoms with Gasteiger partial charge in [0.05, 0.1) is 21.2 Å². The molecule has 0 aliphatic heterocycles. The molecule has 0 unspecified atom stereocenters. The number of carbonyl (C=O) groups excluding carboxylic acids is 1. The number of amides is 1.